The molecule has 118 valence electrons. The van der Waals surface area contributed by atoms with Gasteiger partial charge < -0.3 is 10.8 Å². The van der Waals surface area contributed by atoms with Crippen molar-refractivity contribution < 1.29 is 22.3 Å². The van der Waals surface area contributed by atoms with Crippen molar-refractivity contribution in [3.8, 4) is 0 Å². The summed E-state index contributed by atoms with van der Waals surface area (Å²) in [4.78, 5) is -0.636. The molecule has 2 rings (SSSR count). The van der Waals surface area contributed by atoms with E-state index in [1.165, 1.54) is 0 Å². The van der Waals surface area contributed by atoms with Gasteiger partial charge in [0.1, 0.15) is 16.5 Å². The lowest BCUT2D eigenvalue weighted by atomic mass is 9.98. The molecule has 5 nitrogen and oxygen atoms in total. The Kier molecular flexibility index (Phi) is 4.23. The van der Waals surface area contributed by atoms with Gasteiger partial charge >= 0.3 is 0 Å². The number of anilines is 1. The Morgan fingerprint density at radius 2 is 1.90 bits per heavy atom. The number of hydrogen-bond donors (Lipinski definition) is 2. The number of halogens is 2. The summed E-state index contributed by atoms with van der Waals surface area (Å²) in [6.07, 6.45) is 1.18. The topological polar surface area (TPSA) is 83.6 Å². The first kappa shape index (κ1) is 16.1. The third-order valence-corrected chi connectivity index (χ3v) is 5.61. The Morgan fingerprint density at radius 1 is 1.24 bits per heavy atom. The van der Waals surface area contributed by atoms with Crippen LogP contribution in [0, 0.1) is 11.6 Å². The normalized spacial score (nSPS) is 24.8. The number of nitrogen functional groups attached to an aromatic ring is 1. The summed E-state index contributed by atoms with van der Waals surface area (Å²) in [6, 6.07) is 1.26. The van der Waals surface area contributed by atoms with Crippen LogP contribution >= 0.6 is 0 Å². The van der Waals surface area contributed by atoms with Crippen molar-refractivity contribution in [3.05, 3.63) is 23.8 Å². The van der Waals surface area contributed by atoms with Gasteiger partial charge in [-0.3, -0.25) is 0 Å². The highest BCUT2D eigenvalue weighted by Gasteiger charge is 2.33. The smallest absolute Gasteiger partial charge is 0.246 e. The summed E-state index contributed by atoms with van der Waals surface area (Å²) in [5.41, 5.74) is 3.97. The van der Waals surface area contributed by atoms with Gasteiger partial charge in [-0.1, -0.05) is 0 Å². The molecule has 1 aromatic rings. The zero-order valence-electron chi connectivity index (χ0n) is 11.6. The minimum absolute atomic E-state index is 0.0755. The summed E-state index contributed by atoms with van der Waals surface area (Å²) in [6.45, 7) is 1.89. The van der Waals surface area contributed by atoms with Crippen molar-refractivity contribution in [2.45, 2.75) is 36.7 Å². The van der Waals surface area contributed by atoms with Gasteiger partial charge in [0.2, 0.25) is 10.0 Å². The van der Waals surface area contributed by atoms with E-state index in [-0.39, 0.29) is 19.5 Å². The molecule has 0 radical (unpaired) electrons. The molecule has 0 spiro atoms. The third kappa shape index (κ3) is 3.33. The molecule has 0 aliphatic carbocycles. The Morgan fingerprint density at radius 3 is 2.57 bits per heavy atom. The maximum absolute atomic E-state index is 13.8. The average molecular weight is 320 g/mol. The molecule has 3 N–H and O–H groups in total. The third-order valence-electron chi connectivity index (χ3n) is 3.69. The van der Waals surface area contributed by atoms with Crippen molar-refractivity contribution in [1.82, 2.24) is 4.31 Å². The molecular formula is C13H18F2N2O3S. The molecule has 1 heterocycles. The predicted octanol–water partition coefficient (Wildman–Crippen LogP) is 1.47. The molecule has 0 aromatic heterocycles. The van der Waals surface area contributed by atoms with Crippen LogP contribution in [0.4, 0.5) is 14.5 Å². The Balaban J connectivity index is 2.36. The van der Waals surface area contributed by atoms with Crippen LogP contribution in [0.3, 0.4) is 0 Å². The molecule has 1 aliphatic rings. The van der Waals surface area contributed by atoms with Gasteiger partial charge in [-0.2, -0.15) is 4.31 Å². The summed E-state index contributed by atoms with van der Waals surface area (Å²) in [7, 11) is -4.10. The molecule has 8 heteroatoms. The number of benzene rings is 1. The summed E-state index contributed by atoms with van der Waals surface area (Å²) >= 11 is 0. The fourth-order valence-corrected chi connectivity index (χ4v) is 3.92. The van der Waals surface area contributed by atoms with E-state index in [1.54, 1.807) is 6.92 Å². The highest BCUT2D eigenvalue weighted by Crippen LogP contribution is 2.28. The lowest BCUT2D eigenvalue weighted by Gasteiger charge is -2.22. The SMILES string of the molecule is CC1(O)CCCN(S(=O)(=O)c2cc(N)c(F)cc2F)CC1. The van der Waals surface area contributed by atoms with Crippen LogP contribution in [0.25, 0.3) is 0 Å². The van der Waals surface area contributed by atoms with Crippen LogP contribution in [0.5, 0.6) is 0 Å². The Bertz CT molecular complexity index is 647. The Hall–Kier alpha value is -1.25. The van der Waals surface area contributed by atoms with Crippen LogP contribution < -0.4 is 5.73 Å². The quantitative estimate of drug-likeness (QED) is 0.808. The number of rotatable bonds is 2. The lowest BCUT2D eigenvalue weighted by Crippen LogP contribution is -2.34. The van der Waals surface area contributed by atoms with E-state index in [0.717, 1.165) is 10.4 Å². The van der Waals surface area contributed by atoms with E-state index in [9.17, 15) is 22.3 Å². The molecule has 1 aromatic carbocycles. The van der Waals surface area contributed by atoms with Gasteiger partial charge in [-0.25, -0.2) is 17.2 Å². The van der Waals surface area contributed by atoms with Crippen molar-refractivity contribution in [2.24, 2.45) is 0 Å². The maximum atomic E-state index is 13.8. The van der Waals surface area contributed by atoms with Gasteiger partial charge in [0, 0.05) is 19.2 Å². The molecule has 1 saturated heterocycles. The molecule has 1 aliphatic heterocycles. The number of sulfonamides is 1. The minimum atomic E-state index is -4.10. The number of hydrogen-bond acceptors (Lipinski definition) is 4. The molecule has 0 saturated carbocycles. The molecule has 21 heavy (non-hydrogen) atoms. The molecule has 0 bridgehead atoms. The largest absolute Gasteiger partial charge is 0.396 e. The van der Waals surface area contributed by atoms with Gasteiger partial charge in [0.05, 0.1) is 11.3 Å². The molecule has 1 unspecified atom stereocenters. The van der Waals surface area contributed by atoms with E-state index < -0.39 is 37.8 Å². The zero-order chi connectivity index (χ0) is 15.8. The van der Waals surface area contributed by atoms with Crippen LogP contribution in [0.2, 0.25) is 0 Å². The predicted molar refractivity (Wildman–Crippen MR) is 74.0 cm³/mol. The highest BCUT2D eigenvalue weighted by atomic mass is 32.2. The minimum Gasteiger partial charge on any atom is -0.396 e. The molecule has 1 atom stereocenters. The fraction of sp³-hybridized carbons (Fsp3) is 0.538. The van der Waals surface area contributed by atoms with Gasteiger partial charge in [-0.15, -0.1) is 0 Å². The molecular weight excluding hydrogens is 302 g/mol. The van der Waals surface area contributed by atoms with Crippen molar-refractivity contribution in [1.29, 1.82) is 0 Å². The van der Waals surface area contributed by atoms with Gasteiger partial charge in [0.15, 0.2) is 0 Å². The monoisotopic (exact) mass is 320 g/mol. The van der Waals surface area contributed by atoms with E-state index in [4.69, 9.17) is 5.73 Å². The Labute approximate surface area is 122 Å². The van der Waals surface area contributed by atoms with E-state index in [0.29, 0.717) is 18.9 Å². The average Bonchev–Trinajstić information content (AvgIpc) is 2.55. The van der Waals surface area contributed by atoms with Crippen molar-refractivity contribution >= 4 is 15.7 Å². The maximum Gasteiger partial charge on any atom is 0.246 e. The highest BCUT2D eigenvalue weighted by molar-refractivity contribution is 7.89. The van der Waals surface area contributed by atoms with Crippen LogP contribution in [-0.4, -0.2) is 36.5 Å². The zero-order valence-corrected chi connectivity index (χ0v) is 12.5. The number of nitrogens with zero attached hydrogens (tertiary/aromatic N) is 1. The summed E-state index contributed by atoms with van der Waals surface area (Å²) < 4.78 is 53.0. The second kappa shape index (κ2) is 5.51. The number of aliphatic hydroxyl groups is 1. The number of nitrogens with two attached hydrogens (primary N) is 1. The lowest BCUT2D eigenvalue weighted by molar-refractivity contribution is 0.0465. The van der Waals surface area contributed by atoms with E-state index in [2.05, 4.69) is 0 Å². The van der Waals surface area contributed by atoms with Crippen LogP contribution in [-0.2, 0) is 10.0 Å². The van der Waals surface area contributed by atoms with Gasteiger partial charge in [-0.05, 0) is 32.3 Å². The van der Waals surface area contributed by atoms with Crippen LogP contribution in [0.1, 0.15) is 26.2 Å². The van der Waals surface area contributed by atoms with Gasteiger partial charge in [0.25, 0.3) is 0 Å². The van der Waals surface area contributed by atoms with E-state index >= 15 is 0 Å². The standard InChI is InChI=1S/C13H18F2N2O3S/c1-13(18)3-2-5-17(6-4-13)21(19,20)12-8-11(16)9(14)7-10(12)15/h7-8,18H,2-6,16H2,1H3. The summed E-state index contributed by atoms with van der Waals surface area (Å²) in [5.74, 6) is -2.16. The van der Waals surface area contributed by atoms with Crippen LogP contribution in [0.15, 0.2) is 17.0 Å². The molecule has 0 amide bonds. The second-order valence-electron chi connectivity index (χ2n) is 5.56. The second-order valence-corrected chi connectivity index (χ2v) is 7.47. The fourth-order valence-electron chi connectivity index (χ4n) is 2.36. The van der Waals surface area contributed by atoms with Crippen molar-refractivity contribution in [2.75, 3.05) is 18.8 Å². The summed E-state index contributed by atoms with van der Waals surface area (Å²) in [5, 5.41) is 9.98. The first-order valence-corrected chi connectivity index (χ1v) is 8.04. The first-order valence-electron chi connectivity index (χ1n) is 6.60. The van der Waals surface area contributed by atoms with E-state index in [1.807, 2.05) is 0 Å². The molecule has 1 fully saturated rings. The first-order chi connectivity index (χ1) is 9.63. The van der Waals surface area contributed by atoms with Crippen molar-refractivity contribution in [3.63, 3.8) is 0 Å².